The molecule has 1 aliphatic rings. The lowest BCUT2D eigenvalue weighted by atomic mass is 10.2. The Bertz CT molecular complexity index is 1160. The lowest BCUT2D eigenvalue weighted by Crippen LogP contribution is -2.26. The third kappa shape index (κ3) is 3.06. The van der Waals surface area contributed by atoms with E-state index in [-0.39, 0.29) is 11.5 Å². The van der Waals surface area contributed by atoms with Gasteiger partial charge in [0.2, 0.25) is 5.91 Å². The number of nitrogens with zero attached hydrogens (tertiary/aromatic N) is 4. The second kappa shape index (κ2) is 7.04. The zero-order valence-electron chi connectivity index (χ0n) is 16.6. The molecule has 4 rings (SSSR count). The highest BCUT2D eigenvalue weighted by Gasteiger charge is 2.25. The molecular formula is C19H23N5O2S2. The quantitative estimate of drug-likeness (QED) is 0.521. The monoisotopic (exact) mass is 417 g/mol. The van der Waals surface area contributed by atoms with Crippen LogP contribution in [0.2, 0.25) is 0 Å². The molecule has 0 aromatic carbocycles. The summed E-state index contributed by atoms with van der Waals surface area (Å²) in [6.45, 7) is 5.62. The first kappa shape index (κ1) is 19.2. The van der Waals surface area contributed by atoms with Crippen molar-refractivity contribution in [3.05, 3.63) is 32.2 Å². The van der Waals surface area contributed by atoms with Crippen LogP contribution in [0, 0.1) is 13.8 Å². The molecule has 3 aromatic heterocycles. The molecule has 3 heterocycles. The number of hydrogen-bond donors (Lipinski definition) is 1. The third-order valence-electron chi connectivity index (χ3n) is 5.31. The Balaban J connectivity index is 1.60. The number of thiophene rings is 1. The summed E-state index contributed by atoms with van der Waals surface area (Å²) in [4.78, 5) is 32.4. The van der Waals surface area contributed by atoms with Crippen LogP contribution in [0.5, 0.6) is 0 Å². The summed E-state index contributed by atoms with van der Waals surface area (Å²) in [6, 6.07) is 0. The molecule has 9 heteroatoms. The highest BCUT2D eigenvalue weighted by atomic mass is 32.2. The summed E-state index contributed by atoms with van der Waals surface area (Å²) in [7, 11) is 3.58. The molecule has 1 amide bonds. The van der Waals surface area contributed by atoms with Gasteiger partial charge in [-0.3, -0.25) is 18.8 Å². The van der Waals surface area contributed by atoms with E-state index in [1.54, 1.807) is 27.6 Å². The van der Waals surface area contributed by atoms with Gasteiger partial charge in [0, 0.05) is 19.0 Å². The number of fused-ring (bicyclic) bond motifs is 3. The van der Waals surface area contributed by atoms with Crippen LogP contribution in [-0.2, 0) is 31.7 Å². The number of rotatable bonds is 4. The van der Waals surface area contributed by atoms with Crippen LogP contribution in [0.3, 0.4) is 0 Å². The SMILES string of the molecule is Cc1nn(C)c(C)c1NC(=O)C(C)Sc1nc2sc3c(c2c(=O)n1C)CCC3. The predicted octanol–water partition coefficient (Wildman–Crippen LogP) is 2.95. The number of carbonyl (C=O) groups is 1. The lowest BCUT2D eigenvalue weighted by Gasteiger charge is -2.14. The van der Waals surface area contributed by atoms with E-state index < -0.39 is 5.25 Å². The number of amides is 1. The minimum Gasteiger partial charge on any atom is -0.322 e. The Kier molecular flexibility index (Phi) is 4.83. The molecule has 1 N–H and O–H groups in total. The zero-order chi connectivity index (χ0) is 20.2. The number of nitrogens with one attached hydrogen (secondary N) is 1. The van der Waals surface area contributed by atoms with Gasteiger partial charge in [-0.2, -0.15) is 5.10 Å². The van der Waals surface area contributed by atoms with Crippen molar-refractivity contribution in [2.24, 2.45) is 14.1 Å². The molecule has 0 radical (unpaired) electrons. The highest BCUT2D eigenvalue weighted by molar-refractivity contribution is 8.00. The van der Waals surface area contributed by atoms with Gasteiger partial charge in [0.05, 0.1) is 27.7 Å². The lowest BCUT2D eigenvalue weighted by molar-refractivity contribution is -0.115. The maximum Gasteiger partial charge on any atom is 0.262 e. The first-order valence-electron chi connectivity index (χ1n) is 9.27. The number of anilines is 1. The van der Waals surface area contributed by atoms with Gasteiger partial charge in [0.15, 0.2) is 5.16 Å². The highest BCUT2D eigenvalue weighted by Crippen LogP contribution is 2.36. The topological polar surface area (TPSA) is 81.8 Å². The smallest absolute Gasteiger partial charge is 0.262 e. The van der Waals surface area contributed by atoms with E-state index in [0.29, 0.717) is 5.16 Å². The molecule has 0 spiro atoms. The Morgan fingerprint density at radius 2 is 2.04 bits per heavy atom. The third-order valence-corrected chi connectivity index (χ3v) is 7.64. The fourth-order valence-corrected chi connectivity index (χ4v) is 5.78. The van der Waals surface area contributed by atoms with E-state index in [9.17, 15) is 9.59 Å². The second-order valence-corrected chi connectivity index (χ2v) is 9.61. The number of aryl methyl sites for hydroxylation is 4. The molecule has 3 aromatic rings. The molecule has 1 unspecified atom stereocenters. The van der Waals surface area contributed by atoms with Crippen molar-refractivity contribution >= 4 is 44.9 Å². The average molecular weight is 418 g/mol. The zero-order valence-corrected chi connectivity index (χ0v) is 18.3. The molecule has 0 saturated heterocycles. The Labute approximate surface area is 171 Å². The fourth-order valence-electron chi connectivity index (χ4n) is 3.60. The van der Waals surface area contributed by atoms with E-state index in [0.717, 1.165) is 46.6 Å². The van der Waals surface area contributed by atoms with E-state index in [1.807, 2.05) is 27.8 Å². The van der Waals surface area contributed by atoms with Gasteiger partial charge in [0.25, 0.3) is 5.56 Å². The van der Waals surface area contributed by atoms with Crippen LogP contribution in [0.1, 0.15) is 35.2 Å². The maximum atomic E-state index is 12.9. The van der Waals surface area contributed by atoms with Crippen molar-refractivity contribution in [2.75, 3.05) is 5.32 Å². The summed E-state index contributed by atoms with van der Waals surface area (Å²) in [5, 5.41) is 8.23. The van der Waals surface area contributed by atoms with Crippen molar-refractivity contribution in [1.29, 1.82) is 0 Å². The van der Waals surface area contributed by atoms with Crippen molar-refractivity contribution < 1.29 is 4.79 Å². The van der Waals surface area contributed by atoms with Crippen molar-refractivity contribution in [2.45, 2.75) is 50.4 Å². The van der Waals surface area contributed by atoms with Crippen molar-refractivity contribution in [3.8, 4) is 0 Å². The minimum absolute atomic E-state index is 0.0153. The molecule has 7 nitrogen and oxygen atoms in total. The van der Waals surface area contributed by atoms with Gasteiger partial charge in [-0.05, 0) is 45.6 Å². The minimum atomic E-state index is -0.402. The van der Waals surface area contributed by atoms with E-state index in [4.69, 9.17) is 4.98 Å². The molecule has 1 atom stereocenters. The molecule has 0 saturated carbocycles. The first-order chi connectivity index (χ1) is 13.3. The van der Waals surface area contributed by atoms with Crippen LogP contribution in [0.4, 0.5) is 5.69 Å². The summed E-state index contributed by atoms with van der Waals surface area (Å²) in [5.74, 6) is -0.132. The van der Waals surface area contributed by atoms with Crippen LogP contribution in [0.15, 0.2) is 9.95 Å². The van der Waals surface area contributed by atoms with Gasteiger partial charge in [0.1, 0.15) is 4.83 Å². The number of thioether (sulfide) groups is 1. The van der Waals surface area contributed by atoms with E-state index >= 15 is 0 Å². The van der Waals surface area contributed by atoms with Crippen LogP contribution in [-0.4, -0.2) is 30.5 Å². The number of hydrogen-bond acceptors (Lipinski definition) is 6. The molecule has 0 aliphatic heterocycles. The standard InChI is InChI=1S/C19H23N5O2S2/c1-9-15(10(2)24(5)22-9)20-16(25)11(3)27-19-21-17-14(18(26)23(19)4)12-7-6-8-13(12)28-17/h11H,6-8H2,1-5H3,(H,20,25). The number of aromatic nitrogens is 4. The predicted molar refractivity (Wildman–Crippen MR) is 114 cm³/mol. The molecular weight excluding hydrogens is 394 g/mol. The average Bonchev–Trinajstić information content (AvgIpc) is 3.29. The van der Waals surface area contributed by atoms with E-state index in [2.05, 4.69) is 10.4 Å². The largest absolute Gasteiger partial charge is 0.322 e. The van der Waals surface area contributed by atoms with E-state index in [1.165, 1.54) is 22.2 Å². The van der Waals surface area contributed by atoms with Crippen molar-refractivity contribution in [1.82, 2.24) is 19.3 Å². The molecule has 28 heavy (non-hydrogen) atoms. The van der Waals surface area contributed by atoms with Crippen LogP contribution >= 0.6 is 23.1 Å². The van der Waals surface area contributed by atoms with Gasteiger partial charge in [-0.15, -0.1) is 11.3 Å². The van der Waals surface area contributed by atoms with Gasteiger partial charge in [-0.25, -0.2) is 4.98 Å². The summed E-state index contributed by atoms with van der Waals surface area (Å²) < 4.78 is 3.32. The Morgan fingerprint density at radius 1 is 1.29 bits per heavy atom. The van der Waals surface area contributed by atoms with Gasteiger partial charge < -0.3 is 5.32 Å². The molecule has 0 bridgehead atoms. The maximum absolute atomic E-state index is 12.9. The van der Waals surface area contributed by atoms with Crippen LogP contribution in [0.25, 0.3) is 10.2 Å². The van der Waals surface area contributed by atoms with Gasteiger partial charge in [-0.1, -0.05) is 11.8 Å². The molecule has 148 valence electrons. The van der Waals surface area contributed by atoms with Crippen molar-refractivity contribution in [3.63, 3.8) is 0 Å². The normalized spacial score (nSPS) is 14.5. The summed E-state index contributed by atoms with van der Waals surface area (Å²) in [5.41, 5.74) is 3.59. The fraction of sp³-hybridized carbons (Fsp3) is 0.474. The first-order valence-corrected chi connectivity index (χ1v) is 11.0. The summed E-state index contributed by atoms with van der Waals surface area (Å²) >= 11 is 2.92. The number of carbonyl (C=O) groups excluding carboxylic acids is 1. The molecule has 1 aliphatic carbocycles. The Hall–Kier alpha value is -2.13. The van der Waals surface area contributed by atoms with Crippen LogP contribution < -0.4 is 10.9 Å². The summed E-state index contributed by atoms with van der Waals surface area (Å²) in [6.07, 6.45) is 3.10. The van der Waals surface area contributed by atoms with Gasteiger partial charge >= 0.3 is 0 Å². The Morgan fingerprint density at radius 3 is 2.71 bits per heavy atom. The second-order valence-electron chi connectivity index (χ2n) is 7.21. The molecule has 0 fully saturated rings.